The number of anilines is 3. The van der Waals surface area contributed by atoms with E-state index >= 15 is 0 Å². The van der Waals surface area contributed by atoms with Crippen LogP contribution in [0.5, 0.6) is 0 Å². The molecule has 0 saturated carbocycles. The van der Waals surface area contributed by atoms with Gasteiger partial charge in [-0.15, -0.1) is 0 Å². The Balaban J connectivity index is 1.14. The van der Waals surface area contributed by atoms with Crippen LogP contribution in [0, 0.1) is 6.92 Å². The lowest BCUT2D eigenvalue weighted by molar-refractivity contribution is 0.239. The molecule has 0 fully saturated rings. The summed E-state index contributed by atoms with van der Waals surface area (Å²) in [4.78, 5) is 19.5. The summed E-state index contributed by atoms with van der Waals surface area (Å²) in [6, 6.07) is 26.3. The third kappa shape index (κ3) is 5.18. The summed E-state index contributed by atoms with van der Waals surface area (Å²) in [7, 11) is 0. The van der Waals surface area contributed by atoms with E-state index < -0.39 is 0 Å². The highest BCUT2D eigenvalue weighted by molar-refractivity contribution is 5.90. The number of carbonyl (C=O) groups is 1. The number of fused-ring (bicyclic) bond motifs is 2. The Kier molecular flexibility index (Phi) is 6.40. The zero-order valence-corrected chi connectivity index (χ0v) is 19.3. The lowest BCUT2D eigenvalue weighted by Gasteiger charge is -2.28. The van der Waals surface area contributed by atoms with Crippen molar-refractivity contribution in [1.82, 2.24) is 15.2 Å². The maximum atomic E-state index is 12.5. The van der Waals surface area contributed by atoms with Gasteiger partial charge in [-0.2, -0.15) is 0 Å². The molecule has 5 rings (SSSR count). The average molecular weight is 452 g/mol. The number of hydrogen-bond donors (Lipinski definition) is 3. The molecule has 1 aliphatic rings. The van der Waals surface area contributed by atoms with E-state index in [-0.39, 0.29) is 6.03 Å². The smallest absolute Gasteiger partial charge is 0.319 e. The highest BCUT2D eigenvalue weighted by atomic mass is 16.2. The molecule has 6 nitrogen and oxygen atoms in total. The molecule has 2 heterocycles. The van der Waals surface area contributed by atoms with Crippen molar-refractivity contribution in [1.29, 1.82) is 0 Å². The number of aromatic nitrogens is 1. The van der Waals surface area contributed by atoms with Gasteiger partial charge < -0.3 is 16.0 Å². The third-order valence-corrected chi connectivity index (χ3v) is 6.24. The van der Waals surface area contributed by atoms with Crippen molar-refractivity contribution in [2.75, 3.05) is 30.3 Å². The lowest BCUT2D eigenvalue weighted by atomic mass is 10.00. The van der Waals surface area contributed by atoms with Gasteiger partial charge in [0.05, 0.1) is 16.9 Å². The van der Waals surface area contributed by atoms with E-state index in [1.54, 1.807) is 0 Å². The van der Waals surface area contributed by atoms with Gasteiger partial charge in [0, 0.05) is 42.9 Å². The van der Waals surface area contributed by atoms with Crippen LogP contribution in [0.25, 0.3) is 10.9 Å². The van der Waals surface area contributed by atoms with Gasteiger partial charge in [-0.05, 0) is 54.8 Å². The maximum Gasteiger partial charge on any atom is 0.319 e. The third-order valence-electron chi connectivity index (χ3n) is 6.24. The van der Waals surface area contributed by atoms with Crippen LogP contribution in [0.3, 0.4) is 0 Å². The summed E-state index contributed by atoms with van der Waals surface area (Å²) in [5.41, 5.74) is 7.31. The topological polar surface area (TPSA) is 69.3 Å². The summed E-state index contributed by atoms with van der Waals surface area (Å²) in [5, 5.41) is 10.4. The molecule has 0 atom stereocenters. The first-order valence-corrected chi connectivity index (χ1v) is 11.7. The molecule has 3 aromatic carbocycles. The van der Waals surface area contributed by atoms with Gasteiger partial charge in [-0.25, -0.2) is 4.79 Å². The van der Waals surface area contributed by atoms with Crippen LogP contribution in [0.2, 0.25) is 0 Å². The van der Waals surface area contributed by atoms with Gasteiger partial charge in [-0.3, -0.25) is 9.88 Å². The summed E-state index contributed by atoms with van der Waals surface area (Å²) < 4.78 is 0. The molecule has 1 aliphatic heterocycles. The van der Waals surface area contributed by atoms with Crippen LogP contribution < -0.4 is 16.0 Å². The molecule has 0 radical (unpaired) electrons. The number of benzene rings is 3. The Morgan fingerprint density at radius 2 is 1.74 bits per heavy atom. The summed E-state index contributed by atoms with van der Waals surface area (Å²) in [5.74, 6) is 0. The van der Waals surface area contributed by atoms with E-state index in [9.17, 15) is 4.79 Å². The monoisotopic (exact) mass is 451 g/mol. The molecule has 0 unspecified atom stereocenters. The first-order chi connectivity index (χ1) is 16.6. The quantitative estimate of drug-likeness (QED) is 0.364. The highest BCUT2D eigenvalue weighted by Gasteiger charge is 2.15. The van der Waals surface area contributed by atoms with Crippen LogP contribution in [0.15, 0.2) is 78.9 Å². The fourth-order valence-corrected chi connectivity index (χ4v) is 4.42. The van der Waals surface area contributed by atoms with Crippen molar-refractivity contribution in [3.8, 4) is 0 Å². The molecule has 0 saturated heterocycles. The van der Waals surface area contributed by atoms with Crippen LogP contribution >= 0.6 is 0 Å². The minimum absolute atomic E-state index is 0.196. The van der Waals surface area contributed by atoms with Crippen molar-refractivity contribution in [2.24, 2.45) is 0 Å². The van der Waals surface area contributed by atoms with Crippen LogP contribution in [-0.4, -0.2) is 35.5 Å². The van der Waals surface area contributed by atoms with E-state index in [2.05, 4.69) is 62.2 Å². The minimum Gasteiger partial charge on any atom is -0.354 e. The number of pyridine rings is 1. The van der Waals surface area contributed by atoms with Crippen molar-refractivity contribution in [2.45, 2.75) is 19.9 Å². The molecule has 0 spiro atoms. The second-order valence-corrected chi connectivity index (χ2v) is 8.70. The van der Waals surface area contributed by atoms with Crippen molar-refractivity contribution < 1.29 is 4.79 Å². The van der Waals surface area contributed by atoms with Gasteiger partial charge in [-0.1, -0.05) is 48.5 Å². The Morgan fingerprint density at radius 1 is 0.941 bits per heavy atom. The maximum absolute atomic E-state index is 12.5. The second-order valence-electron chi connectivity index (χ2n) is 8.70. The van der Waals surface area contributed by atoms with Gasteiger partial charge in [0.15, 0.2) is 0 Å². The Bertz CT molecular complexity index is 1320. The SMILES string of the molecule is Cc1nc2ccccc2cc1Nc1cccc(NC(=O)NCCN2CCc3ccccc3C2)c1. The number of hydrogen-bond acceptors (Lipinski definition) is 4. The Morgan fingerprint density at radius 3 is 2.65 bits per heavy atom. The molecule has 0 aliphatic carbocycles. The number of nitrogens with one attached hydrogen (secondary N) is 3. The van der Waals surface area contributed by atoms with E-state index in [1.165, 1.54) is 11.1 Å². The van der Waals surface area contributed by atoms with Crippen molar-refractivity contribution >= 4 is 34.0 Å². The highest BCUT2D eigenvalue weighted by Crippen LogP contribution is 2.25. The fraction of sp³-hybridized carbons (Fsp3) is 0.214. The molecule has 6 heteroatoms. The number of nitrogens with zero attached hydrogens (tertiary/aromatic N) is 2. The molecule has 4 aromatic rings. The molecular weight excluding hydrogens is 422 g/mol. The van der Waals surface area contributed by atoms with Crippen LogP contribution in [0.1, 0.15) is 16.8 Å². The lowest BCUT2D eigenvalue weighted by Crippen LogP contribution is -2.39. The summed E-state index contributed by atoms with van der Waals surface area (Å²) >= 11 is 0. The largest absolute Gasteiger partial charge is 0.354 e. The number of amides is 2. The van der Waals surface area contributed by atoms with E-state index in [1.807, 2.05) is 49.4 Å². The molecule has 3 N–H and O–H groups in total. The molecule has 0 bridgehead atoms. The molecule has 2 amide bonds. The predicted octanol–water partition coefficient (Wildman–Crippen LogP) is 5.47. The van der Waals surface area contributed by atoms with Crippen LogP contribution in [-0.2, 0) is 13.0 Å². The van der Waals surface area contributed by atoms with E-state index in [4.69, 9.17) is 0 Å². The first-order valence-electron chi connectivity index (χ1n) is 11.7. The first kappa shape index (κ1) is 21.9. The number of urea groups is 1. The summed E-state index contributed by atoms with van der Waals surface area (Å²) in [6.45, 7) is 5.39. The van der Waals surface area contributed by atoms with E-state index in [0.717, 1.165) is 59.7 Å². The van der Waals surface area contributed by atoms with Gasteiger partial charge in [0.2, 0.25) is 0 Å². The van der Waals surface area contributed by atoms with Gasteiger partial charge >= 0.3 is 6.03 Å². The molecule has 172 valence electrons. The summed E-state index contributed by atoms with van der Waals surface area (Å²) in [6.07, 6.45) is 1.06. The number of rotatable bonds is 6. The molecule has 34 heavy (non-hydrogen) atoms. The minimum atomic E-state index is -0.196. The number of carbonyl (C=O) groups excluding carboxylic acids is 1. The van der Waals surface area contributed by atoms with Crippen molar-refractivity contribution in [3.63, 3.8) is 0 Å². The fourth-order valence-electron chi connectivity index (χ4n) is 4.42. The van der Waals surface area contributed by atoms with Gasteiger partial charge in [0.25, 0.3) is 0 Å². The predicted molar refractivity (Wildman–Crippen MR) is 139 cm³/mol. The zero-order valence-electron chi connectivity index (χ0n) is 19.3. The number of aryl methyl sites for hydroxylation is 1. The van der Waals surface area contributed by atoms with Gasteiger partial charge in [0.1, 0.15) is 0 Å². The number of para-hydroxylation sites is 1. The Hall–Kier alpha value is -3.90. The van der Waals surface area contributed by atoms with Crippen LogP contribution in [0.4, 0.5) is 21.9 Å². The second kappa shape index (κ2) is 9.93. The van der Waals surface area contributed by atoms with E-state index in [0.29, 0.717) is 6.54 Å². The standard InChI is InChI=1S/C28H29N5O/c1-20-27(17-22-8-4-5-12-26(22)30-20)31-24-10-6-11-25(18-24)32-28(34)29-14-16-33-15-13-21-7-2-3-9-23(21)19-33/h2-12,17-18,31H,13-16,19H2,1H3,(H2,29,32,34). The normalized spacial score (nSPS) is 13.3. The Labute approximate surface area is 200 Å². The molecule has 1 aromatic heterocycles. The van der Waals surface area contributed by atoms with Crippen molar-refractivity contribution in [3.05, 3.63) is 95.7 Å². The average Bonchev–Trinajstić information content (AvgIpc) is 2.85. The zero-order chi connectivity index (χ0) is 23.3. The molecular formula is C28H29N5O.